The van der Waals surface area contributed by atoms with Crippen LogP contribution in [0.15, 0.2) is 18.3 Å². The van der Waals surface area contributed by atoms with Gasteiger partial charge >= 0.3 is 6.03 Å². The SMILES string of the molecule is NC(=O)NCc1cccnn1. The van der Waals surface area contributed by atoms with Crippen LogP contribution >= 0.6 is 0 Å². The van der Waals surface area contributed by atoms with Crippen molar-refractivity contribution in [2.75, 3.05) is 0 Å². The molecule has 0 radical (unpaired) electrons. The van der Waals surface area contributed by atoms with E-state index in [1.807, 2.05) is 0 Å². The van der Waals surface area contributed by atoms with Gasteiger partial charge in [-0.2, -0.15) is 10.2 Å². The van der Waals surface area contributed by atoms with Crippen LogP contribution in [0.3, 0.4) is 0 Å². The lowest BCUT2D eigenvalue weighted by molar-refractivity contribution is 0.248. The molecule has 0 saturated carbocycles. The number of aromatic nitrogens is 2. The highest BCUT2D eigenvalue weighted by Crippen LogP contribution is 1.88. The van der Waals surface area contributed by atoms with Gasteiger partial charge in [-0.15, -0.1) is 0 Å². The topological polar surface area (TPSA) is 80.9 Å². The quantitative estimate of drug-likeness (QED) is 0.607. The Morgan fingerprint density at radius 3 is 3.09 bits per heavy atom. The van der Waals surface area contributed by atoms with Crippen LogP contribution in [0.2, 0.25) is 0 Å². The van der Waals surface area contributed by atoms with Gasteiger partial charge in [0.25, 0.3) is 0 Å². The molecule has 5 nitrogen and oxygen atoms in total. The second kappa shape index (κ2) is 3.50. The summed E-state index contributed by atoms with van der Waals surface area (Å²) in [5.41, 5.74) is 5.53. The molecule has 5 heteroatoms. The number of carbonyl (C=O) groups is 1. The summed E-state index contributed by atoms with van der Waals surface area (Å²) >= 11 is 0. The minimum atomic E-state index is -0.560. The Balaban J connectivity index is 2.45. The number of rotatable bonds is 2. The van der Waals surface area contributed by atoms with Gasteiger partial charge in [-0.3, -0.25) is 0 Å². The van der Waals surface area contributed by atoms with Gasteiger partial charge < -0.3 is 11.1 Å². The third kappa shape index (κ3) is 2.61. The van der Waals surface area contributed by atoms with Gasteiger partial charge in [0.05, 0.1) is 12.2 Å². The Hall–Kier alpha value is -1.65. The number of nitrogens with two attached hydrogens (primary N) is 1. The van der Waals surface area contributed by atoms with Gasteiger partial charge in [0.2, 0.25) is 0 Å². The Morgan fingerprint density at radius 1 is 1.73 bits per heavy atom. The highest BCUT2D eigenvalue weighted by molar-refractivity contribution is 5.71. The summed E-state index contributed by atoms with van der Waals surface area (Å²) in [6, 6.07) is 2.93. The molecule has 0 unspecified atom stereocenters. The molecule has 0 saturated heterocycles. The van der Waals surface area contributed by atoms with E-state index in [1.54, 1.807) is 18.3 Å². The number of nitrogens with zero attached hydrogens (tertiary/aromatic N) is 2. The molecule has 1 heterocycles. The highest BCUT2D eigenvalue weighted by atomic mass is 16.2. The smallest absolute Gasteiger partial charge is 0.312 e. The largest absolute Gasteiger partial charge is 0.352 e. The zero-order valence-electron chi connectivity index (χ0n) is 5.82. The number of carbonyl (C=O) groups excluding carboxylic acids is 1. The van der Waals surface area contributed by atoms with Gasteiger partial charge in [0.1, 0.15) is 0 Å². The van der Waals surface area contributed by atoms with Gasteiger partial charge in [0, 0.05) is 6.20 Å². The van der Waals surface area contributed by atoms with E-state index >= 15 is 0 Å². The van der Waals surface area contributed by atoms with Crippen LogP contribution in [0.25, 0.3) is 0 Å². The molecule has 0 bridgehead atoms. The zero-order valence-corrected chi connectivity index (χ0v) is 5.82. The third-order valence-electron chi connectivity index (χ3n) is 1.07. The van der Waals surface area contributed by atoms with Gasteiger partial charge in [-0.25, -0.2) is 4.79 Å². The van der Waals surface area contributed by atoms with E-state index in [4.69, 9.17) is 5.73 Å². The van der Waals surface area contributed by atoms with E-state index in [9.17, 15) is 4.79 Å². The lowest BCUT2D eigenvalue weighted by Crippen LogP contribution is -2.28. The number of hydrogen-bond acceptors (Lipinski definition) is 3. The van der Waals surface area contributed by atoms with Crippen molar-refractivity contribution in [2.24, 2.45) is 5.73 Å². The predicted molar refractivity (Wildman–Crippen MR) is 38.5 cm³/mol. The lowest BCUT2D eigenvalue weighted by atomic mass is 10.4. The maximum absolute atomic E-state index is 10.2. The third-order valence-corrected chi connectivity index (χ3v) is 1.07. The summed E-state index contributed by atoms with van der Waals surface area (Å²) in [4.78, 5) is 10.2. The Morgan fingerprint density at radius 2 is 2.55 bits per heavy atom. The van der Waals surface area contributed by atoms with Crippen LogP contribution in [0.4, 0.5) is 4.79 Å². The first kappa shape index (κ1) is 7.46. The van der Waals surface area contributed by atoms with Gasteiger partial charge in [0.15, 0.2) is 0 Å². The summed E-state index contributed by atoms with van der Waals surface area (Å²) in [5.74, 6) is 0. The summed E-state index contributed by atoms with van der Waals surface area (Å²) in [6.45, 7) is 0.323. The molecule has 0 spiro atoms. The van der Waals surface area contributed by atoms with Crippen molar-refractivity contribution in [1.82, 2.24) is 15.5 Å². The first-order valence-electron chi connectivity index (χ1n) is 3.09. The van der Waals surface area contributed by atoms with Crippen molar-refractivity contribution < 1.29 is 4.79 Å². The van der Waals surface area contributed by atoms with E-state index in [2.05, 4.69) is 15.5 Å². The van der Waals surface area contributed by atoms with Crippen LogP contribution in [0.5, 0.6) is 0 Å². The van der Waals surface area contributed by atoms with E-state index in [1.165, 1.54) is 0 Å². The zero-order chi connectivity index (χ0) is 8.10. The van der Waals surface area contributed by atoms with Crippen LogP contribution in [0, 0.1) is 0 Å². The fraction of sp³-hybridized carbons (Fsp3) is 0.167. The second-order valence-electron chi connectivity index (χ2n) is 1.93. The number of hydrogen-bond donors (Lipinski definition) is 2. The van der Waals surface area contributed by atoms with E-state index in [-0.39, 0.29) is 0 Å². The van der Waals surface area contributed by atoms with Crippen LogP contribution in [0.1, 0.15) is 5.69 Å². The molecule has 0 fully saturated rings. The molecular formula is C6H8N4O. The number of urea groups is 1. The molecule has 1 aromatic rings. The summed E-state index contributed by atoms with van der Waals surface area (Å²) in [6.07, 6.45) is 1.56. The summed E-state index contributed by atoms with van der Waals surface area (Å²) in [7, 11) is 0. The van der Waals surface area contributed by atoms with Crippen molar-refractivity contribution in [1.29, 1.82) is 0 Å². The molecule has 2 amide bonds. The standard InChI is InChI=1S/C6H8N4O/c7-6(11)8-4-5-2-1-3-9-10-5/h1-3H,4H2,(H3,7,8,11). The van der Waals surface area contributed by atoms with Gasteiger partial charge in [-0.1, -0.05) is 0 Å². The fourth-order valence-corrected chi connectivity index (χ4v) is 0.605. The summed E-state index contributed by atoms with van der Waals surface area (Å²) < 4.78 is 0. The maximum atomic E-state index is 10.2. The van der Waals surface area contributed by atoms with Crippen LogP contribution in [-0.2, 0) is 6.54 Å². The molecule has 0 aromatic carbocycles. The summed E-state index contributed by atoms with van der Waals surface area (Å²) in [5, 5.41) is 9.75. The molecular weight excluding hydrogens is 144 g/mol. The molecule has 1 rings (SSSR count). The van der Waals surface area contributed by atoms with Crippen molar-refractivity contribution in [3.05, 3.63) is 24.0 Å². The molecule has 3 N–H and O–H groups in total. The van der Waals surface area contributed by atoms with Crippen molar-refractivity contribution in [2.45, 2.75) is 6.54 Å². The van der Waals surface area contributed by atoms with Crippen molar-refractivity contribution in [3.8, 4) is 0 Å². The van der Waals surface area contributed by atoms with Crippen molar-refractivity contribution in [3.63, 3.8) is 0 Å². The molecule has 0 aliphatic carbocycles. The van der Waals surface area contributed by atoms with Gasteiger partial charge in [-0.05, 0) is 12.1 Å². The number of nitrogens with one attached hydrogen (secondary N) is 1. The molecule has 11 heavy (non-hydrogen) atoms. The predicted octanol–water partition coefficient (Wildman–Crippen LogP) is -0.355. The number of primary amides is 1. The van der Waals surface area contributed by atoms with E-state index < -0.39 is 6.03 Å². The Bertz CT molecular complexity index is 236. The first-order chi connectivity index (χ1) is 5.29. The first-order valence-corrected chi connectivity index (χ1v) is 3.09. The van der Waals surface area contributed by atoms with E-state index in [0.29, 0.717) is 12.2 Å². The fourth-order valence-electron chi connectivity index (χ4n) is 0.605. The minimum Gasteiger partial charge on any atom is -0.352 e. The Kier molecular flexibility index (Phi) is 2.37. The minimum absolute atomic E-state index is 0.323. The average molecular weight is 152 g/mol. The van der Waals surface area contributed by atoms with Crippen LogP contribution in [-0.4, -0.2) is 16.2 Å². The van der Waals surface area contributed by atoms with Crippen molar-refractivity contribution >= 4 is 6.03 Å². The highest BCUT2D eigenvalue weighted by Gasteiger charge is 1.93. The molecule has 0 atom stereocenters. The molecule has 0 aliphatic rings. The Labute approximate surface area is 63.6 Å². The van der Waals surface area contributed by atoms with Crippen LogP contribution < -0.4 is 11.1 Å². The molecule has 1 aromatic heterocycles. The molecule has 0 aliphatic heterocycles. The maximum Gasteiger partial charge on any atom is 0.312 e. The average Bonchev–Trinajstić information content (AvgIpc) is 2.03. The monoisotopic (exact) mass is 152 g/mol. The second-order valence-corrected chi connectivity index (χ2v) is 1.93. The normalized spacial score (nSPS) is 9.09. The lowest BCUT2D eigenvalue weighted by Gasteiger charge is -1.97. The van der Waals surface area contributed by atoms with E-state index in [0.717, 1.165) is 0 Å². The molecule has 58 valence electrons. The number of amides is 2.